The van der Waals surface area contributed by atoms with Crippen LogP contribution in [0.3, 0.4) is 0 Å². The number of fused-ring (bicyclic) bond motifs is 1. The first kappa shape index (κ1) is 26.9. The number of hydrogen-bond acceptors (Lipinski definition) is 0. The monoisotopic (exact) mass is 581 g/mol. The first-order chi connectivity index (χ1) is 16.4. The summed E-state index contributed by atoms with van der Waals surface area (Å²) >= 11 is -2.57. The van der Waals surface area contributed by atoms with E-state index in [4.69, 9.17) is 17.0 Å². The molecular weight excluding hydrogens is 546 g/mol. The van der Waals surface area contributed by atoms with Gasteiger partial charge in [-0.25, -0.2) is 0 Å². The molecule has 3 aromatic carbocycles. The van der Waals surface area contributed by atoms with Crippen LogP contribution in [0.15, 0.2) is 66.2 Å². The van der Waals surface area contributed by atoms with E-state index < -0.39 is 19.4 Å². The molecule has 0 radical (unpaired) electrons. The van der Waals surface area contributed by atoms with Crippen molar-refractivity contribution in [3.63, 3.8) is 0 Å². The Morgan fingerprint density at radius 1 is 0.771 bits per heavy atom. The second kappa shape index (κ2) is 10.3. The second-order valence-corrected chi connectivity index (χ2v) is 20.7. The molecule has 0 N–H and O–H groups in total. The normalized spacial score (nSPS) is 15.7. The predicted molar refractivity (Wildman–Crippen MR) is 152 cm³/mol. The van der Waals surface area contributed by atoms with Crippen LogP contribution >= 0.6 is 17.0 Å². The fraction of sp³-hybridized carbons (Fsp3) is 0.375. The number of benzene rings is 3. The third-order valence-electron chi connectivity index (χ3n) is 7.09. The zero-order chi connectivity index (χ0) is 25.5. The van der Waals surface area contributed by atoms with Crippen LogP contribution in [0.25, 0.3) is 28.3 Å². The van der Waals surface area contributed by atoms with Gasteiger partial charge in [-0.1, -0.05) is 0 Å². The quantitative estimate of drug-likeness (QED) is 0.280. The third-order valence-corrected chi connectivity index (χ3v) is 12.4. The van der Waals surface area contributed by atoms with Crippen LogP contribution in [-0.4, -0.2) is 0 Å². The standard InChI is InChI=1S/C32H37.2ClH.Zr/c1-8-12-22-17-24-15-16-28(23-13-10-9-11-14-23)30(29(24)18-22)25-19-26(31(2,3)4)21-27(20-25)32(5,6)7;;;/h9-11,13-21H,8,12H2,1-7H3;2*1H;/q;;;+2/p-2. The van der Waals surface area contributed by atoms with Crippen molar-refractivity contribution < 1.29 is 19.4 Å². The van der Waals surface area contributed by atoms with Crippen molar-refractivity contribution in [1.82, 2.24) is 0 Å². The minimum absolute atomic E-state index is 0.0553. The Balaban J connectivity index is 2.09. The van der Waals surface area contributed by atoms with Gasteiger partial charge in [0.15, 0.2) is 0 Å². The molecule has 0 fully saturated rings. The minimum atomic E-state index is -2.57. The maximum absolute atomic E-state index is 6.79. The fourth-order valence-electron chi connectivity index (χ4n) is 5.08. The van der Waals surface area contributed by atoms with Gasteiger partial charge in [0.05, 0.1) is 0 Å². The maximum atomic E-state index is 6.79. The van der Waals surface area contributed by atoms with Crippen LogP contribution in [-0.2, 0) is 30.2 Å². The molecular formula is C32H37Cl2Zr. The van der Waals surface area contributed by atoms with Crippen molar-refractivity contribution in [2.45, 2.75) is 75.8 Å². The van der Waals surface area contributed by atoms with E-state index in [9.17, 15) is 0 Å². The summed E-state index contributed by atoms with van der Waals surface area (Å²) in [5.74, 6) is 0. The summed E-state index contributed by atoms with van der Waals surface area (Å²) in [6.45, 7) is 16.1. The molecule has 4 rings (SSSR count). The molecule has 0 heterocycles. The molecule has 183 valence electrons. The summed E-state index contributed by atoms with van der Waals surface area (Å²) in [6.07, 6.45) is 4.59. The Morgan fingerprint density at radius 3 is 1.89 bits per heavy atom. The van der Waals surface area contributed by atoms with E-state index in [2.05, 4.69) is 115 Å². The molecule has 0 saturated carbocycles. The number of rotatable bonds is 5. The third kappa shape index (κ3) is 5.59. The molecule has 1 atom stereocenters. The van der Waals surface area contributed by atoms with Crippen LogP contribution in [0, 0.1) is 0 Å². The molecule has 0 saturated heterocycles. The van der Waals surface area contributed by atoms with Gasteiger partial charge in [-0.3, -0.25) is 0 Å². The Labute approximate surface area is 227 Å². The first-order valence-corrected chi connectivity index (χ1v) is 20.4. The zero-order valence-corrected chi connectivity index (χ0v) is 26.1. The summed E-state index contributed by atoms with van der Waals surface area (Å²) < 4.78 is 0.243. The van der Waals surface area contributed by atoms with E-state index in [0.717, 1.165) is 12.8 Å². The van der Waals surface area contributed by atoms with Gasteiger partial charge < -0.3 is 0 Å². The summed E-state index contributed by atoms with van der Waals surface area (Å²) in [5, 5.41) is 0. The van der Waals surface area contributed by atoms with Crippen LogP contribution in [0.1, 0.15) is 87.2 Å². The summed E-state index contributed by atoms with van der Waals surface area (Å²) in [4.78, 5) is 0. The van der Waals surface area contributed by atoms with Crippen LogP contribution in [0.4, 0.5) is 0 Å². The summed E-state index contributed by atoms with van der Waals surface area (Å²) in [5.41, 5.74) is 12.1. The van der Waals surface area contributed by atoms with Crippen molar-refractivity contribution in [3.05, 3.63) is 88.5 Å². The van der Waals surface area contributed by atoms with Crippen molar-refractivity contribution in [1.29, 1.82) is 0 Å². The van der Waals surface area contributed by atoms with Crippen molar-refractivity contribution in [3.8, 4) is 22.3 Å². The zero-order valence-electron chi connectivity index (χ0n) is 22.1. The molecule has 1 aliphatic carbocycles. The van der Waals surface area contributed by atoms with Crippen molar-refractivity contribution >= 4 is 23.1 Å². The van der Waals surface area contributed by atoms with Crippen LogP contribution in [0.2, 0.25) is 0 Å². The SMILES string of the molecule is CCCC1=Cc2c(ccc(-c3ccccc3)c2-c2cc(C(C)(C)C)cc(C(C)(C)C)c2)[CH]1[Zr]([Cl])[Cl]. The van der Waals surface area contributed by atoms with Crippen molar-refractivity contribution in [2.75, 3.05) is 0 Å². The van der Waals surface area contributed by atoms with Gasteiger partial charge in [0.2, 0.25) is 0 Å². The number of hydrogen-bond donors (Lipinski definition) is 0. The Bertz CT molecular complexity index is 1210. The van der Waals surface area contributed by atoms with E-state index in [1.165, 1.54) is 50.1 Å². The fourth-order valence-corrected chi connectivity index (χ4v) is 10.6. The Morgan fingerprint density at radius 2 is 1.37 bits per heavy atom. The predicted octanol–water partition coefficient (Wildman–Crippen LogP) is 10.8. The van der Waals surface area contributed by atoms with E-state index in [0.29, 0.717) is 0 Å². The van der Waals surface area contributed by atoms with Gasteiger partial charge in [0, 0.05) is 0 Å². The topological polar surface area (TPSA) is 0 Å². The van der Waals surface area contributed by atoms with Gasteiger partial charge in [0.1, 0.15) is 0 Å². The van der Waals surface area contributed by atoms with Gasteiger partial charge in [-0.15, -0.1) is 0 Å². The van der Waals surface area contributed by atoms with E-state index in [1.54, 1.807) is 0 Å². The molecule has 0 aliphatic heterocycles. The van der Waals surface area contributed by atoms with Crippen molar-refractivity contribution in [2.24, 2.45) is 0 Å². The summed E-state index contributed by atoms with van der Waals surface area (Å²) in [6, 6.07) is 22.6. The van der Waals surface area contributed by atoms with E-state index in [-0.39, 0.29) is 14.5 Å². The van der Waals surface area contributed by atoms with Crippen LogP contribution < -0.4 is 0 Å². The molecule has 0 nitrogen and oxygen atoms in total. The number of allylic oxidation sites excluding steroid dienone is 1. The summed E-state index contributed by atoms with van der Waals surface area (Å²) in [7, 11) is 13.6. The molecule has 1 aliphatic rings. The molecule has 3 heteroatoms. The molecule has 35 heavy (non-hydrogen) atoms. The second-order valence-electron chi connectivity index (χ2n) is 11.8. The van der Waals surface area contributed by atoms with E-state index in [1.807, 2.05) is 0 Å². The average molecular weight is 584 g/mol. The number of halogens is 2. The van der Waals surface area contributed by atoms with E-state index >= 15 is 0 Å². The molecule has 0 aromatic heterocycles. The van der Waals surface area contributed by atoms with Gasteiger partial charge in [0.25, 0.3) is 0 Å². The molecule has 0 bridgehead atoms. The Kier molecular flexibility index (Phi) is 7.93. The molecule has 0 spiro atoms. The average Bonchev–Trinajstić information content (AvgIpc) is 3.16. The molecule has 3 aromatic rings. The molecule has 0 amide bonds. The molecule has 1 unspecified atom stereocenters. The van der Waals surface area contributed by atoms with Gasteiger partial charge in [-0.2, -0.15) is 0 Å². The Hall–Kier alpha value is -1.14. The first-order valence-electron chi connectivity index (χ1n) is 12.7. The van der Waals surface area contributed by atoms with Crippen LogP contribution in [0.5, 0.6) is 0 Å². The van der Waals surface area contributed by atoms with Gasteiger partial charge in [-0.05, 0) is 0 Å². The van der Waals surface area contributed by atoms with Gasteiger partial charge >= 0.3 is 229 Å².